The Hall–Kier alpha value is -1.78. The van der Waals surface area contributed by atoms with Crippen molar-refractivity contribution in [3.8, 4) is 5.75 Å². The van der Waals surface area contributed by atoms with E-state index in [1.807, 2.05) is 37.3 Å². The number of benzene rings is 1. The van der Waals surface area contributed by atoms with Crippen LogP contribution in [0.3, 0.4) is 0 Å². The Balaban J connectivity index is 2.37. The summed E-state index contributed by atoms with van der Waals surface area (Å²) in [6.07, 6.45) is 0.792. The number of aliphatic hydroxyl groups excluding tert-OH is 1. The van der Waals surface area contributed by atoms with Crippen molar-refractivity contribution in [2.45, 2.75) is 18.9 Å². The van der Waals surface area contributed by atoms with Gasteiger partial charge in [0.25, 0.3) is 0 Å². The van der Waals surface area contributed by atoms with E-state index in [0.717, 1.165) is 16.9 Å². The number of aryl methyl sites for hydroxylation is 1. The number of methoxy groups -OCH3 is 1. The van der Waals surface area contributed by atoms with Gasteiger partial charge in [-0.25, -0.2) is 0 Å². The third-order valence-corrected chi connectivity index (χ3v) is 3.34. The molecular formula is C15H19NO3. The minimum Gasteiger partial charge on any atom is -0.496 e. The van der Waals surface area contributed by atoms with Crippen LogP contribution in [0.5, 0.6) is 5.75 Å². The maximum absolute atomic E-state index is 10.5. The van der Waals surface area contributed by atoms with E-state index in [0.29, 0.717) is 12.3 Å². The molecule has 0 aliphatic heterocycles. The number of hydrogen-bond acceptors (Lipinski definition) is 4. The molecule has 0 saturated carbocycles. The Kier molecular flexibility index (Phi) is 4.24. The van der Waals surface area contributed by atoms with E-state index in [4.69, 9.17) is 14.9 Å². The van der Waals surface area contributed by atoms with Crippen LogP contribution in [0.4, 0.5) is 0 Å². The van der Waals surface area contributed by atoms with Crippen molar-refractivity contribution in [2.75, 3.05) is 13.7 Å². The van der Waals surface area contributed by atoms with Crippen LogP contribution in [0.1, 0.15) is 28.9 Å². The van der Waals surface area contributed by atoms with E-state index in [1.165, 1.54) is 0 Å². The zero-order valence-corrected chi connectivity index (χ0v) is 11.2. The lowest BCUT2D eigenvalue weighted by Gasteiger charge is -2.22. The van der Waals surface area contributed by atoms with Crippen molar-refractivity contribution in [1.82, 2.24) is 0 Å². The molecule has 2 atom stereocenters. The first-order valence-electron chi connectivity index (χ1n) is 6.24. The first kappa shape index (κ1) is 13.6. The minimum absolute atomic E-state index is 0.263. The number of hydrogen-bond donors (Lipinski definition) is 2. The largest absolute Gasteiger partial charge is 0.496 e. The summed E-state index contributed by atoms with van der Waals surface area (Å²) in [4.78, 5) is 0. The molecule has 0 radical (unpaired) electrons. The molecule has 1 aromatic carbocycles. The van der Waals surface area contributed by atoms with Gasteiger partial charge >= 0.3 is 0 Å². The predicted octanol–water partition coefficient (Wildman–Crippen LogP) is 2.37. The van der Waals surface area contributed by atoms with Crippen LogP contribution in [0, 0.1) is 6.92 Å². The molecule has 0 spiro atoms. The molecule has 2 aromatic rings. The van der Waals surface area contributed by atoms with Gasteiger partial charge in [0.2, 0.25) is 0 Å². The third kappa shape index (κ3) is 2.64. The highest BCUT2D eigenvalue weighted by Crippen LogP contribution is 2.36. The maximum atomic E-state index is 10.5. The standard InChI is InChI=1S/C15H19NO3/c1-10-7-8-19-15(10)14(17)12(9-16)11-5-3-4-6-13(11)18-2/h3-8,12,14,17H,9,16H2,1-2H3. The molecule has 4 heteroatoms. The molecule has 2 rings (SSSR count). The molecule has 19 heavy (non-hydrogen) atoms. The SMILES string of the molecule is COc1ccccc1C(CN)C(O)c1occc1C. The zero-order valence-electron chi connectivity index (χ0n) is 11.2. The molecule has 0 bridgehead atoms. The van der Waals surface area contributed by atoms with Gasteiger partial charge in [-0.15, -0.1) is 0 Å². The second-order valence-corrected chi connectivity index (χ2v) is 4.50. The highest BCUT2D eigenvalue weighted by Gasteiger charge is 2.27. The lowest BCUT2D eigenvalue weighted by Crippen LogP contribution is -2.21. The number of furan rings is 1. The smallest absolute Gasteiger partial charge is 0.135 e. The number of aliphatic hydroxyl groups is 1. The van der Waals surface area contributed by atoms with E-state index in [2.05, 4.69) is 0 Å². The van der Waals surface area contributed by atoms with Gasteiger partial charge in [0.1, 0.15) is 17.6 Å². The number of para-hydroxylation sites is 1. The Bertz CT molecular complexity index is 536. The molecule has 2 unspecified atom stereocenters. The summed E-state index contributed by atoms with van der Waals surface area (Å²) >= 11 is 0. The lowest BCUT2D eigenvalue weighted by atomic mass is 9.90. The fourth-order valence-electron chi connectivity index (χ4n) is 2.27. The van der Waals surface area contributed by atoms with Crippen LogP contribution in [-0.2, 0) is 0 Å². The fourth-order valence-corrected chi connectivity index (χ4v) is 2.27. The Morgan fingerprint density at radius 1 is 1.32 bits per heavy atom. The van der Waals surface area contributed by atoms with Crippen LogP contribution in [0.25, 0.3) is 0 Å². The van der Waals surface area contributed by atoms with Gasteiger partial charge in [-0.1, -0.05) is 18.2 Å². The summed E-state index contributed by atoms with van der Waals surface area (Å²) in [6.45, 7) is 2.21. The van der Waals surface area contributed by atoms with Gasteiger partial charge in [0.05, 0.1) is 13.4 Å². The minimum atomic E-state index is -0.781. The van der Waals surface area contributed by atoms with Crippen LogP contribution >= 0.6 is 0 Å². The van der Waals surface area contributed by atoms with E-state index in [1.54, 1.807) is 13.4 Å². The first-order chi connectivity index (χ1) is 9.19. The lowest BCUT2D eigenvalue weighted by molar-refractivity contribution is 0.120. The summed E-state index contributed by atoms with van der Waals surface area (Å²) < 4.78 is 10.7. The van der Waals surface area contributed by atoms with Gasteiger partial charge in [0, 0.05) is 18.0 Å². The molecule has 0 amide bonds. The van der Waals surface area contributed by atoms with Crippen molar-refractivity contribution in [3.63, 3.8) is 0 Å². The van der Waals surface area contributed by atoms with Crippen molar-refractivity contribution < 1.29 is 14.3 Å². The van der Waals surface area contributed by atoms with E-state index in [9.17, 15) is 5.11 Å². The second-order valence-electron chi connectivity index (χ2n) is 4.50. The summed E-state index contributed by atoms with van der Waals surface area (Å²) in [6, 6.07) is 9.40. The van der Waals surface area contributed by atoms with Crippen molar-refractivity contribution >= 4 is 0 Å². The number of rotatable bonds is 5. The Morgan fingerprint density at radius 3 is 2.63 bits per heavy atom. The van der Waals surface area contributed by atoms with Crippen LogP contribution in [0.15, 0.2) is 41.0 Å². The normalized spacial score (nSPS) is 14.1. The highest BCUT2D eigenvalue weighted by molar-refractivity contribution is 5.38. The molecule has 4 nitrogen and oxygen atoms in total. The highest BCUT2D eigenvalue weighted by atomic mass is 16.5. The molecule has 0 aliphatic rings. The van der Waals surface area contributed by atoms with Gasteiger partial charge in [0.15, 0.2) is 0 Å². The summed E-state index contributed by atoms with van der Waals surface area (Å²) in [5, 5.41) is 10.5. The first-order valence-corrected chi connectivity index (χ1v) is 6.24. The topological polar surface area (TPSA) is 68.6 Å². The van der Waals surface area contributed by atoms with E-state index in [-0.39, 0.29) is 5.92 Å². The average Bonchev–Trinajstić information content (AvgIpc) is 2.86. The summed E-state index contributed by atoms with van der Waals surface area (Å²) in [7, 11) is 1.61. The maximum Gasteiger partial charge on any atom is 0.135 e. The van der Waals surface area contributed by atoms with Crippen LogP contribution < -0.4 is 10.5 Å². The summed E-state index contributed by atoms with van der Waals surface area (Å²) in [5.74, 6) is 1.02. The van der Waals surface area contributed by atoms with Crippen LogP contribution in [0.2, 0.25) is 0 Å². The fraction of sp³-hybridized carbons (Fsp3) is 0.333. The van der Waals surface area contributed by atoms with Gasteiger partial charge in [-0.05, 0) is 24.6 Å². The van der Waals surface area contributed by atoms with Gasteiger partial charge in [-0.3, -0.25) is 0 Å². The van der Waals surface area contributed by atoms with Crippen molar-refractivity contribution in [3.05, 3.63) is 53.5 Å². The zero-order chi connectivity index (χ0) is 13.8. The third-order valence-electron chi connectivity index (χ3n) is 3.34. The Labute approximate surface area is 112 Å². The number of ether oxygens (including phenoxy) is 1. The Morgan fingerprint density at radius 2 is 2.05 bits per heavy atom. The van der Waals surface area contributed by atoms with Gasteiger partial charge < -0.3 is 20.0 Å². The quantitative estimate of drug-likeness (QED) is 0.867. The molecule has 1 heterocycles. The molecule has 1 aromatic heterocycles. The molecule has 3 N–H and O–H groups in total. The van der Waals surface area contributed by atoms with Crippen molar-refractivity contribution in [1.29, 1.82) is 0 Å². The number of nitrogens with two attached hydrogens (primary N) is 1. The summed E-state index contributed by atoms with van der Waals surface area (Å²) in [5.41, 5.74) is 7.63. The molecule has 102 valence electrons. The van der Waals surface area contributed by atoms with Crippen LogP contribution in [-0.4, -0.2) is 18.8 Å². The van der Waals surface area contributed by atoms with Gasteiger partial charge in [-0.2, -0.15) is 0 Å². The monoisotopic (exact) mass is 261 g/mol. The molecule has 0 fully saturated rings. The average molecular weight is 261 g/mol. The molecule has 0 aliphatic carbocycles. The predicted molar refractivity (Wildman–Crippen MR) is 73.2 cm³/mol. The van der Waals surface area contributed by atoms with E-state index < -0.39 is 6.10 Å². The van der Waals surface area contributed by atoms with E-state index >= 15 is 0 Å². The molecule has 0 saturated heterocycles. The molecular weight excluding hydrogens is 242 g/mol. The van der Waals surface area contributed by atoms with Crippen molar-refractivity contribution in [2.24, 2.45) is 5.73 Å². The second kappa shape index (κ2) is 5.91.